The molecule has 0 radical (unpaired) electrons. The molecule has 2 fully saturated rings. The molecule has 3 N–H and O–H groups in total. The number of nitrogens with one attached hydrogen (secondary N) is 1. The second-order valence-corrected chi connectivity index (χ2v) is 6.67. The molecule has 2 bridgehead atoms. The SMILES string of the molecule is CC(C)c1ccccc1NC(=O)C1C2CCC(C2)C1N. The zero-order valence-electron chi connectivity index (χ0n) is 12.3. The largest absolute Gasteiger partial charge is 0.327 e. The van der Waals surface area contributed by atoms with Gasteiger partial charge in [-0.15, -0.1) is 0 Å². The summed E-state index contributed by atoms with van der Waals surface area (Å²) in [5.74, 6) is 1.60. The molecule has 3 rings (SSSR count). The van der Waals surface area contributed by atoms with Crippen molar-refractivity contribution in [1.29, 1.82) is 0 Å². The van der Waals surface area contributed by atoms with Crippen LogP contribution >= 0.6 is 0 Å². The molecule has 0 heterocycles. The molecule has 3 nitrogen and oxygen atoms in total. The zero-order valence-corrected chi connectivity index (χ0v) is 12.3. The molecule has 2 aliphatic carbocycles. The number of rotatable bonds is 3. The van der Waals surface area contributed by atoms with E-state index in [9.17, 15) is 4.79 Å². The molecule has 20 heavy (non-hydrogen) atoms. The Kier molecular flexibility index (Phi) is 3.55. The van der Waals surface area contributed by atoms with Crippen LogP contribution in [0.3, 0.4) is 0 Å². The Morgan fingerprint density at radius 2 is 1.95 bits per heavy atom. The van der Waals surface area contributed by atoms with Crippen molar-refractivity contribution in [2.24, 2.45) is 23.5 Å². The molecule has 0 spiro atoms. The van der Waals surface area contributed by atoms with Gasteiger partial charge in [0, 0.05) is 11.7 Å². The van der Waals surface area contributed by atoms with Crippen LogP contribution in [0.15, 0.2) is 24.3 Å². The monoisotopic (exact) mass is 272 g/mol. The highest BCUT2D eigenvalue weighted by atomic mass is 16.2. The lowest BCUT2D eigenvalue weighted by molar-refractivity contribution is -0.121. The minimum Gasteiger partial charge on any atom is -0.327 e. The third-order valence-corrected chi connectivity index (χ3v) is 5.12. The first-order valence-corrected chi connectivity index (χ1v) is 7.73. The van der Waals surface area contributed by atoms with E-state index < -0.39 is 0 Å². The molecule has 1 aromatic rings. The van der Waals surface area contributed by atoms with Crippen LogP contribution in [-0.2, 0) is 4.79 Å². The maximum absolute atomic E-state index is 12.6. The van der Waals surface area contributed by atoms with Crippen molar-refractivity contribution in [2.45, 2.75) is 45.1 Å². The van der Waals surface area contributed by atoms with Crippen LogP contribution in [0.2, 0.25) is 0 Å². The molecule has 4 unspecified atom stereocenters. The molecule has 0 aliphatic heterocycles. The molecule has 1 amide bonds. The smallest absolute Gasteiger partial charge is 0.229 e. The normalized spacial score (nSPS) is 31.8. The maximum atomic E-state index is 12.6. The second kappa shape index (κ2) is 5.21. The Bertz CT molecular complexity index is 509. The maximum Gasteiger partial charge on any atom is 0.229 e. The number of hydrogen-bond acceptors (Lipinski definition) is 2. The van der Waals surface area contributed by atoms with E-state index in [0.717, 1.165) is 12.1 Å². The fraction of sp³-hybridized carbons (Fsp3) is 0.588. The zero-order chi connectivity index (χ0) is 14.3. The second-order valence-electron chi connectivity index (χ2n) is 6.67. The quantitative estimate of drug-likeness (QED) is 0.888. The third kappa shape index (κ3) is 2.24. The molecule has 0 aromatic heterocycles. The molecule has 1 aromatic carbocycles. The van der Waals surface area contributed by atoms with E-state index >= 15 is 0 Å². The van der Waals surface area contributed by atoms with Crippen LogP contribution in [0.25, 0.3) is 0 Å². The van der Waals surface area contributed by atoms with Crippen LogP contribution in [0, 0.1) is 17.8 Å². The van der Waals surface area contributed by atoms with Crippen molar-refractivity contribution >= 4 is 11.6 Å². The number of nitrogens with two attached hydrogens (primary N) is 1. The molecule has 4 atom stereocenters. The van der Waals surface area contributed by atoms with Crippen LogP contribution in [0.4, 0.5) is 5.69 Å². The van der Waals surface area contributed by atoms with E-state index in [2.05, 4.69) is 25.2 Å². The minimum atomic E-state index is 0.00830. The lowest BCUT2D eigenvalue weighted by atomic mass is 9.84. The third-order valence-electron chi connectivity index (χ3n) is 5.12. The number of fused-ring (bicyclic) bond motifs is 2. The van der Waals surface area contributed by atoms with Crippen molar-refractivity contribution in [3.8, 4) is 0 Å². The van der Waals surface area contributed by atoms with Gasteiger partial charge in [-0.1, -0.05) is 32.0 Å². The van der Waals surface area contributed by atoms with E-state index in [4.69, 9.17) is 5.73 Å². The summed E-state index contributed by atoms with van der Waals surface area (Å²) in [6.07, 6.45) is 3.52. The molecular formula is C17H24N2O. The first-order valence-electron chi connectivity index (χ1n) is 7.73. The Labute approximate surface area is 120 Å². The topological polar surface area (TPSA) is 55.1 Å². The van der Waals surface area contributed by atoms with Gasteiger partial charge in [-0.2, -0.15) is 0 Å². The van der Waals surface area contributed by atoms with Gasteiger partial charge < -0.3 is 11.1 Å². The molecule has 2 aliphatic rings. The van der Waals surface area contributed by atoms with Gasteiger partial charge in [0.15, 0.2) is 0 Å². The Hall–Kier alpha value is -1.35. The fourth-order valence-corrected chi connectivity index (χ4v) is 4.06. The average Bonchev–Trinajstić information content (AvgIpc) is 2.99. The van der Waals surface area contributed by atoms with Crippen molar-refractivity contribution in [1.82, 2.24) is 0 Å². The number of carbonyl (C=O) groups is 1. The summed E-state index contributed by atoms with van der Waals surface area (Å²) in [6.45, 7) is 4.29. The molecular weight excluding hydrogens is 248 g/mol. The summed E-state index contributed by atoms with van der Waals surface area (Å²) in [5, 5.41) is 3.13. The van der Waals surface area contributed by atoms with E-state index in [1.54, 1.807) is 0 Å². The number of anilines is 1. The van der Waals surface area contributed by atoms with Crippen molar-refractivity contribution in [2.75, 3.05) is 5.32 Å². The van der Waals surface area contributed by atoms with E-state index in [-0.39, 0.29) is 17.9 Å². The number of benzene rings is 1. The van der Waals surface area contributed by atoms with Gasteiger partial charge in [-0.25, -0.2) is 0 Å². The van der Waals surface area contributed by atoms with Gasteiger partial charge in [0.1, 0.15) is 0 Å². The molecule has 3 heteroatoms. The van der Waals surface area contributed by atoms with Crippen molar-refractivity contribution in [3.63, 3.8) is 0 Å². The van der Waals surface area contributed by atoms with Crippen molar-refractivity contribution in [3.05, 3.63) is 29.8 Å². The summed E-state index contributed by atoms with van der Waals surface area (Å²) in [6, 6.07) is 8.13. The first kappa shape index (κ1) is 13.6. The molecule has 2 saturated carbocycles. The van der Waals surface area contributed by atoms with Gasteiger partial charge >= 0.3 is 0 Å². The lowest BCUT2D eigenvalue weighted by Crippen LogP contribution is -2.42. The Morgan fingerprint density at radius 3 is 2.60 bits per heavy atom. The van der Waals surface area contributed by atoms with Gasteiger partial charge in [0.25, 0.3) is 0 Å². The van der Waals surface area contributed by atoms with Gasteiger partial charge in [0.05, 0.1) is 5.92 Å². The lowest BCUT2D eigenvalue weighted by Gasteiger charge is -2.27. The number of hydrogen-bond donors (Lipinski definition) is 2. The van der Waals surface area contributed by atoms with Crippen LogP contribution in [0.5, 0.6) is 0 Å². The van der Waals surface area contributed by atoms with Crippen LogP contribution in [0.1, 0.15) is 44.6 Å². The number of para-hydroxylation sites is 1. The summed E-state index contributed by atoms with van der Waals surface area (Å²) < 4.78 is 0. The average molecular weight is 272 g/mol. The Morgan fingerprint density at radius 1 is 1.25 bits per heavy atom. The predicted octanol–water partition coefficient (Wildman–Crippen LogP) is 3.12. The van der Waals surface area contributed by atoms with Gasteiger partial charge in [0.2, 0.25) is 5.91 Å². The summed E-state index contributed by atoms with van der Waals surface area (Å²) in [5.41, 5.74) is 8.39. The van der Waals surface area contributed by atoms with E-state index in [0.29, 0.717) is 17.8 Å². The molecule has 108 valence electrons. The summed E-state index contributed by atoms with van der Waals surface area (Å²) in [4.78, 5) is 12.6. The highest BCUT2D eigenvalue weighted by Gasteiger charge is 2.49. The number of amides is 1. The predicted molar refractivity (Wildman–Crippen MR) is 81.5 cm³/mol. The fourth-order valence-electron chi connectivity index (χ4n) is 4.06. The molecule has 0 saturated heterocycles. The Balaban J connectivity index is 1.77. The van der Waals surface area contributed by atoms with Crippen molar-refractivity contribution < 1.29 is 4.79 Å². The van der Waals surface area contributed by atoms with Crippen LogP contribution in [-0.4, -0.2) is 11.9 Å². The summed E-state index contributed by atoms with van der Waals surface area (Å²) >= 11 is 0. The van der Waals surface area contributed by atoms with Gasteiger partial charge in [-0.05, 0) is 48.6 Å². The van der Waals surface area contributed by atoms with E-state index in [1.807, 2.05) is 18.2 Å². The van der Waals surface area contributed by atoms with E-state index in [1.165, 1.54) is 18.4 Å². The summed E-state index contributed by atoms with van der Waals surface area (Å²) in [7, 11) is 0. The number of carbonyl (C=O) groups excluding carboxylic acids is 1. The van der Waals surface area contributed by atoms with Gasteiger partial charge in [-0.3, -0.25) is 4.79 Å². The first-order chi connectivity index (χ1) is 9.58. The highest BCUT2D eigenvalue weighted by molar-refractivity contribution is 5.94. The van der Waals surface area contributed by atoms with Crippen LogP contribution < -0.4 is 11.1 Å². The standard InChI is InChI=1S/C17H24N2O/c1-10(2)13-5-3-4-6-14(13)19-17(20)15-11-7-8-12(9-11)16(15)18/h3-6,10-12,15-16H,7-9,18H2,1-2H3,(H,19,20). The minimum absolute atomic E-state index is 0.00830. The highest BCUT2D eigenvalue weighted by Crippen LogP contribution is 2.48.